The molecule has 0 fully saturated rings. The summed E-state index contributed by atoms with van der Waals surface area (Å²) < 4.78 is 12.7. The molecular formula is C8H6FNO2. The van der Waals surface area contributed by atoms with E-state index in [1.54, 1.807) is 0 Å². The summed E-state index contributed by atoms with van der Waals surface area (Å²) in [5.74, 6) is -0.828. The van der Waals surface area contributed by atoms with Gasteiger partial charge in [0.15, 0.2) is 0 Å². The molecule has 0 aliphatic rings. The van der Waals surface area contributed by atoms with E-state index in [1.807, 2.05) is 0 Å². The highest BCUT2D eigenvalue weighted by Gasteiger charge is 2.12. The van der Waals surface area contributed by atoms with Gasteiger partial charge < -0.3 is 0 Å². The molecule has 0 radical (unpaired) electrons. The summed E-state index contributed by atoms with van der Waals surface area (Å²) in [5.41, 5.74) is 0.00972. The number of benzene rings is 1. The molecule has 0 atom stereocenters. The second kappa shape index (κ2) is 3.13. The van der Waals surface area contributed by atoms with Gasteiger partial charge in [0.05, 0.1) is 4.92 Å². The van der Waals surface area contributed by atoms with Crippen LogP contribution in [0.3, 0.4) is 0 Å². The molecule has 0 spiro atoms. The van der Waals surface area contributed by atoms with Crippen molar-refractivity contribution in [2.24, 2.45) is 0 Å². The fraction of sp³-hybridized carbons (Fsp3) is 0. The first kappa shape index (κ1) is 8.39. The van der Waals surface area contributed by atoms with Gasteiger partial charge >= 0.3 is 5.69 Å². The van der Waals surface area contributed by atoms with E-state index in [0.717, 1.165) is 12.1 Å². The Bertz CT molecular complexity index is 336. The quantitative estimate of drug-likeness (QED) is 0.501. The van der Waals surface area contributed by atoms with Gasteiger partial charge in [-0.1, -0.05) is 18.7 Å². The Morgan fingerprint density at radius 2 is 2.25 bits per heavy atom. The van der Waals surface area contributed by atoms with Crippen LogP contribution < -0.4 is 0 Å². The molecule has 4 heteroatoms. The first-order valence-electron chi connectivity index (χ1n) is 3.21. The number of nitro groups is 1. The molecule has 62 valence electrons. The van der Waals surface area contributed by atoms with Gasteiger partial charge in [-0.25, -0.2) is 0 Å². The van der Waals surface area contributed by atoms with Crippen LogP contribution in [-0.4, -0.2) is 4.92 Å². The Morgan fingerprint density at radius 1 is 1.58 bits per heavy atom. The molecule has 0 aliphatic heterocycles. The minimum atomic E-state index is -0.828. The molecule has 12 heavy (non-hydrogen) atoms. The van der Waals surface area contributed by atoms with Gasteiger partial charge in [0.1, 0.15) is 0 Å². The summed E-state index contributed by atoms with van der Waals surface area (Å²) in [6.45, 7) is 3.42. The van der Waals surface area contributed by atoms with Crippen molar-refractivity contribution in [3.8, 4) is 0 Å². The Labute approximate surface area is 68.3 Å². The molecule has 0 unspecified atom stereocenters. The van der Waals surface area contributed by atoms with E-state index in [-0.39, 0.29) is 0 Å². The zero-order valence-electron chi connectivity index (χ0n) is 6.16. The molecule has 1 aromatic carbocycles. The van der Waals surface area contributed by atoms with Gasteiger partial charge in [0.25, 0.3) is 0 Å². The zero-order chi connectivity index (χ0) is 9.14. The lowest BCUT2D eigenvalue weighted by molar-refractivity contribution is -0.387. The Morgan fingerprint density at radius 3 is 2.75 bits per heavy atom. The molecule has 1 rings (SSSR count). The molecule has 0 heterocycles. The van der Waals surface area contributed by atoms with Crippen molar-refractivity contribution in [2.45, 2.75) is 0 Å². The zero-order valence-corrected chi connectivity index (χ0v) is 6.16. The molecule has 0 aliphatic carbocycles. The summed E-state index contributed by atoms with van der Waals surface area (Å²) in [7, 11) is 0. The summed E-state index contributed by atoms with van der Waals surface area (Å²) in [6, 6.07) is 3.62. The van der Waals surface area contributed by atoms with Crippen molar-refractivity contribution in [2.75, 3.05) is 0 Å². The van der Waals surface area contributed by atoms with Gasteiger partial charge in [-0.2, -0.15) is 4.39 Å². The Kier molecular flexibility index (Phi) is 2.19. The van der Waals surface area contributed by atoms with E-state index >= 15 is 0 Å². The van der Waals surface area contributed by atoms with Crippen LogP contribution in [0.2, 0.25) is 0 Å². The van der Waals surface area contributed by atoms with Crippen LogP contribution in [0.1, 0.15) is 5.56 Å². The SMILES string of the molecule is C=Cc1ccc(F)c([N+](=O)[O-])c1. The number of rotatable bonds is 2. The standard InChI is InChI=1S/C8H6FNO2/c1-2-6-3-4-7(9)8(5-6)10(11)12/h2-5H,1H2. The number of nitrogens with zero attached hydrogens (tertiary/aromatic N) is 1. The van der Waals surface area contributed by atoms with E-state index in [2.05, 4.69) is 6.58 Å². The molecule has 0 saturated heterocycles. The molecule has 0 aromatic heterocycles. The molecule has 0 amide bonds. The summed E-state index contributed by atoms with van der Waals surface area (Å²) in [6.07, 6.45) is 1.42. The Balaban J connectivity index is 3.25. The second-order valence-electron chi connectivity index (χ2n) is 2.17. The smallest absolute Gasteiger partial charge is 0.258 e. The van der Waals surface area contributed by atoms with Gasteiger partial charge in [0.2, 0.25) is 5.82 Å². The predicted octanol–water partition coefficient (Wildman–Crippen LogP) is 2.38. The number of hydrogen-bond acceptors (Lipinski definition) is 2. The molecule has 3 nitrogen and oxygen atoms in total. The first-order chi connectivity index (χ1) is 5.65. The maximum Gasteiger partial charge on any atom is 0.305 e. The van der Waals surface area contributed by atoms with E-state index < -0.39 is 16.4 Å². The average Bonchev–Trinajstić information content (AvgIpc) is 2.05. The summed E-state index contributed by atoms with van der Waals surface area (Å²) in [5, 5.41) is 10.2. The minimum absolute atomic E-state index is 0.521. The van der Waals surface area contributed by atoms with Crippen LogP contribution in [0.15, 0.2) is 24.8 Å². The van der Waals surface area contributed by atoms with E-state index in [0.29, 0.717) is 5.56 Å². The van der Waals surface area contributed by atoms with Crippen molar-refractivity contribution < 1.29 is 9.31 Å². The van der Waals surface area contributed by atoms with Gasteiger partial charge in [-0.15, -0.1) is 0 Å². The summed E-state index contributed by atoms with van der Waals surface area (Å²) in [4.78, 5) is 9.46. The maximum absolute atomic E-state index is 12.7. The third-order valence-electron chi connectivity index (χ3n) is 1.40. The third kappa shape index (κ3) is 1.47. The predicted molar refractivity (Wildman–Crippen MR) is 43.1 cm³/mol. The average molecular weight is 167 g/mol. The van der Waals surface area contributed by atoms with Gasteiger partial charge in [-0.3, -0.25) is 10.1 Å². The minimum Gasteiger partial charge on any atom is -0.258 e. The summed E-state index contributed by atoms with van der Waals surface area (Å²) >= 11 is 0. The van der Waals surface area contributed by atoms with Crippen molar-refractivity contribution in [3.05, 3.63) is 46.3 Å². The number of halogens is 1. The number of hydrogen-bond donors (Lipinski definition) is 0. The normalized spacial score (nSPS) is 9.42. The Hall–Kier alpha value is -1.71. The van der Waals surface area contributed by atoms with Crippen LogP contribution in [0.5, 0.6) is 0 Å². The maximum atomic E-state index is 12.7. The highest BCUT2D eigenvalue weighted by molar-refractivity contribution is 5.51. The van der Waals surface area contributed by atoms with Crippen LogP contribution in [0, 0.1) is 15.9 Å². The highest BCUT2D eigenvalue weighted by Crippen LogP contribution is 2.18. The van der Waals surface area contributed by atoms with Crippen molar-refractivity contribution in [1.29, 1.82) is 0 Å². The highest BCUT2D eigenvalue weighted by atomic mass is 19.1. The molecule has 1 aromatic rings. The third-order valence-corrected chi connectivity index (χ3v) is 1.40. The van der Waals surface area contributed by atoms with Gasteiger partial charge in [0, 0.05) is 6.07 Å². The van der Waals surface area contributed by atoms with Crippen LogP contribution >= 0.6 is 0 Å². The first-order valence-corrected chi connectivity index (χ1v) is 3.21. The van der Waals surface area contributed by atoms with E-state index in [1.165, 1.54) is 12.1 Å². The number of nitro benzene ring substituents is 1. The second-order valence-corrected chi connectivity index (χ2v) is 2.17. The fourth-order valence-corrected chi connectivity index (χ4v) is 0.797. The molecule has 0 N–H and O–H groups in total. The van der Waals surface area contributed by atoms with Crippen molar-refractivity contribution in [1.82, 2.24) is 0 Å². The molecular weight excluding hydrogens is 161 g/mol. The van der Waals surface area contributed by atoms with Crippen molar-refractivity contribution >= 4 is 11.8 Å². The fourth-order valence-electron chi connectivity index (χ4n) is 0.797. The van der Waals surface area contributed by atoms with Crippen LogP contribution in [0.4, 0.5) is 10.1 Å². The topological polar surface area (TPSA) is 43.1 Å². The molecule has 0 bridgehead atoms. The lowest BCUT2D eigenvalue weighted by Gasteiger charge is -1.94. The lowest BCUT2D eigenvalue weighted by Crippen LogP contribution is -1.92. The van der Waals surface area contributed by atoms with Crippen molar-refractivity contribution in [3.63, 3.8) is 0 Å². The van der Waals surface area contributed by atoms with E-state index in [4.69, 9.17) is 0 Å². The van der Waals surface area contributed by atoms with Crippen LogP contribution in [0.25, 0.3) is 6.08 Å². The molecule has 0 saturated carbocycles. The lowest BCUT2D eigenvalue weighted by atomic mass is 10.2. The monoisotopic (exact) mass is 167 g/mol. The largest absolute Gasteiger partial charge is 0.305 e. The van der Waals surface area contributed by atoms with Crippen LogP contribution in [-0.2, 0) is 0 Å². The van der Waals surface area contributed by atoms with Gasteiger partial charge in [-0.05, 0) is 11.6 Å². The van der Waals surface area contributed by atoms with E-state index in [9.17, 15) is 14.5 Å².